The fourth-order valence-corrected chi connectivity index (χ4v) is 2.38. The summed E-state index contributed by atoms with van der Waals surface area (Å²) in [5.74, 6) is 0.781. The lowest BCUT2D eigenvalue weighted by Crippen LogP contribution is -2.57. The van der Waals surface area contributed by atoms with Gasteiger partial charge in [-0.25, -0.2) is 0 Å². The van der Waals surface area contributed by atoms with Crippen LogP contribution in [-0.4, -0.2) is 48.5 Å². The van der Waals surface area contributed by atoms with Gasteiger partial charge in [-0.3, -0.25) is 4.90 Å². The molecular formula is C12H23NO2. The van der Waals surface area contributed by atoms with Crippen molar-refractivity contribution in [2.45, 2.75) is 32.8 Å². The van der Waals surface area contributed by atoms with Crippen LogP contribution in [0.5, 0.6) is 0 Å². The van der Waals surface area contributed by atoms with Gasteiger partial charge in [0.25, 0.3) is 0 Å². The van der Waals surface area contributed by atoms with Gasteiger partial charge in [0.15, 0.2) is 0 Å². The molecule has 0 aliphatic carbocycles. The topological polar surface area (TPSA) is 32.7 Å². The smallest absolute Gasteiger partial charge is 0.103 e. The highest BCUT2D eigenvalue weighted by Crippen LogP contribution is 2.34. The van der Waals surface area contributed by atoms with Crippen molar-refractivity contribution in [3.05, 3.63) is 0 Å². The molecule has 3 nitrogen and oxygen atoms in total. The third-order valence-electron chi connectivity index (χ3n) is 3.78. The van der Waals surface area contributed by atoms with E-state index in [9.17, 15) is 5.11 Å². The van der Waals surface area contributed by atoms with Gasteiger partial charge >= 0.3 is 0 Å². The number of ether oxygens (including phenoxy) is 1. The summed E-state index contributed by atoms with van der Waals surface area (Å²) >= 11 is 0. The van der Waals surface area contributed by atoms with E-state index in [2.05, 4.69) is 25.7 Å². The zero-order valence-corrected chi connectivity index (χ0v) is 10.1. The number of likely N-dealkylation sites (tertiary alicyclic amines) is 1. The predicted molar refractivity (Wildman–Crippen MR) is 59.8 cm³/mol. The third-order valence-corrected chi connectivity index (χ3v) is 3.78. The van der Waals surface area contributed by atoms with Crippen molar-refractivity contribution in [3.8, 4) is 0 Å². The number of β-amino-alcohol motifs (C(OH)–C–C–N with tert-alkyl or cyclic N) is 1. The van der Waals surface area contributed by atoms with Gasteiger partial charge in [0.2, 0.25) is 0 Å². The molecule has 2 fully saturated rings. The molecule has 0 aromatic carbocycles. The van der Waals surface area contributed by atoms with Crippen LogP contribution in [0.25, 0.3) is 0 Å². The Bertz CT molecular complexity index is 222. The van der Waals surface area contributed by atoms with Crippen molar-refractivity contribution < 1.29 is 9.84 Å². The van der Waals surface area contributed by atoms with E-state index < -0.39 is 5.60 Å². The van der Waals surface area contributed by atoms with Crippen LogP contribution in [0.4, 0.5) is 0 Å². The highest BCUT2D eigenvalue weighted by atomic mass is 16.5. The molecule has 15 heavy (non-hydrogen) atoms. The Morgan fingerprint density at radius 3 is 2.53 bits per heavy atom. The highest BCUT2D eigenvalue weighted by Gasteiger charge is 2.41. The summed E-state index contributed by atoms with van der Waals surface area (Å²) in [5, 5.41) is 10.1. The minimum Gasteiger partial charge on any atom is -0.386 e. The minimum atomic E-state index is -0.567. The minimum absolute atomic E-state index is 0.408. The van der Waals surface area contributed by atoms with Gasteiger partial charge < -0.3 is 9.84 Å². The first-order valence-corrected chi connectivity index (χ1v) is 5.92. The van der Waals surface area contributed by atoms with E-state index in [0.29, 0.717) is 18.6 Å². The molecule has 0 saturated carbocycles. The maximum Gasteiger partial charge on any atom is 0.103 e. The molecular weight excluding hydrogens is 190 g/mol. The van der Waals surface area contributed by atoms with Crippen LogP contribution in [-0.2, 0) is 4.74 Å². The van der Waals surface area contributed by atoms with Crippen molar-refractivity contribution in [2.75, 3.05) is 32.8 Å². The Labute approximate surface area is 92.4 Å². The van der Waals surface area contributed by atoms with E-state index in [1.165, 1.54) is 0 Å². The fourth-order valence-electron chi connectivity index (χ4n) is 2.38. The number of aliphatic hydroxyl groups is 1. The van der Waals surface area contributed by atoms with Crippen LogP contribution < -0.4 is 0 Å². The number of hydrogen-bond acceptors (Lipinski definition) is 3. The first kappa shape index (κ1) is 11.4. The van der Waals surface area contributed by atoms with Crippen molar-refractivity contribution in [1.82, 2.24) is 4.90 Å². The molecule has 0 aromatic rings. The molecule has 0 spiro atoms. The molecule has 3 heteroatoms. The molecule has 2 rings (SSSR count). The van der Waals surface area contributed by atoms with Crippen LogP contribution in [0.15, 0.2) is 0 Å². The van der Waals surface area contributed by atoms with Gasteiger partial charge in [-0.2, -0.15) is 0 Å². The van der Waals surface area contributed by atoms with Gasteiger partial charge in [0.05, 0.1) is 6.61 Å². The summed E-state index contributed by atoms with van der Waals surface area (Å²) in [4.78, 5) is 2.35. The van der Waals surface area contributed by atoms with Crippen molar-refractivity contribution >= 4 is 0 Å². The lowest BCUT2D eigenvalue weighted by atomic mass is 9.75. The maximum absolute atomic E-state index is 10.1. The van der Waals surface area contributed by atoms with Crippen molar-refractivity contribution in [3.63, 3.8) is 0 Å². The highest BCUT2D eigenvalue weighted by molar-refractivity contribution is 4.93. The molecule has 1 N–H and O–H groups in total. The molecule has 88 valence electrons. The van der Waals surface area contributed by atoms with Gasteiger partial charge in [0, 0.05) is 32.7 Å². The summed E-state index contributed by atoms with van der Waals surface area (Å²) in [7, 11) is 0. The van der Waals surface area contributed by atoms with E-state index in [1.54, 1.807) is 0 Å². The fraction of sp³-hybridized carbons (Fsp3) is 1.00. The van der Waals surface area contributed by atoms with Crippen LogP contribution in [0.3, 0.4) is 0 Å². The predicted octanol–water partition coefficient (Wildman–Crippen LogP) is 1.12. The molecule has 0 bridgehead atoms. The second kappa shape index (κ2) is 3.72. The quantitative estimate of drug-likeness (QED) is 0.746. The van der Waals surface area contributed by atoms with E-state index in [0.717, 1.165) is 32.0 Å². The average Bonchev–Trinajstić information content (AvgIpc) is 2.42. The first-order valence-electron chi connectivity index (χ1n) is 5.92. The van der Waals surface area contributed by atoms with Crippen LogP contribution in [0.2, 0.25) is 0 Å². The van der Waals surface area contributed by atoms with Crippen molar-refractivity contribution in [1.29, 1.82) is 0 Å². The number of rotatable bonds is 2. The summed E-state index contributed by atoms with van der Waals surface area (Å²) in [5.41, 5.74) is -0.159. The molecule has 2 aliphatic heterocycles. The molecule has 0 radical (unpaired) electrons. The van der Waals surface area contributed by atoms with Crippen LogP contribution >= 0.6 is 0 Å². The Kier molecular flexibility index (Phi) is 2.82. The summed E-state index contributed by atoms with van der Waals surface area (Å²) < 4.78 is 5.25. The Hall–Kier alpha value is -0.120. The SMILES string of the molecule is CC(C)(C)C1CN(CC2(O)CCOC2)C1. The Morgan fingerprint density at radius 1 is 1.40 bits per heavy atom. The first-order chi connectivity index (χ1) is 6.89. The molecule has 0 amide bonds. The molecule has 0 aromatic heterocycles. The summed E-state index contributed by atoms with van der Waals surface area (Å²) in [6.45, 7) is 11.2. The second-order valence-electron chi connectivity index (χ2n) is 6.28. The number of nitrogens with zero attached hydrogens (tertiary/aromatic N) is 1. The lowest BCUT2D eigenvalue weighted by Gasteiger charge is -2.48. The molecule has 1 atom stereocenters. The van der Waals surface area contributed by atoms with E-state index in [-0.39, 0.29) is 0 Å². The normalized spacial score (nSPS) is 34.4. The van der Waals surface area contributed by atoms with E-state index in [1.807, 2.05) is 0 Å². The number of hydrogen-bond donors (Lipinski definition) is 1. The van der Waals surface area contributed by atoms with Gasteiger partial charge in [-0.15, -0.1) is 0 Å². The summed E-state index contributed by atoms with van der Waals surface area (Å²) in [6, 6.07) is 0. The molecule has 1 unspecified atom stereocenters. The standard InChI is InChI=1S/C12H23NO2/c1-11(2,3)10-6-13(7-10)8-12(14)4-5-15-9-12/h10,14H,4-9H2,1-3H3. The molecule has 2 aliphatic rings. The largest absolute Gasteiger partial charge is 0.386 e. The Morgan fingerprint density at radius 2 is 2.07 bits per heavy atom. The third kappa shape index (κ3) is 2.52. The van der Waals surface area contributed by atoms with Gasteiger partial charge in [-0.1, -0.05) is 20.8 Å². The lowest BCUT2D eigenvalue weighted by molar-refractivity contribution is -0.0552. The van der Waals surface area contributed by atoms with E-state index >= 15 is 0 Å². The monoisotopic (exact) mass is 213 g/mol. The zero-order chi connectivity index (χ0) is 11.1. The van der Waals surface area contributed by atoms with Crippen LogP contribution in [0, 0.1) is 11.3 Å². The van der Waals surface area contributed by atoms with E-state index in [4.69, 9.17) is 4.74 Å². The maximum atomic E-state index is 10.1. The zero-order valence-electron chi connectivity index (χ0n) is 10.1. The van der Waals surface area contributed by atoms with Gasteiger partial charge in [0.1, 0.15) is 5.60 Å². The Balaban J connectivity index is 1.76. The molecule has 2 heterocycles. The average molecular weight is 213 g/mol. The van der Waals surface area contributed by atoms with Crippen LogP contribution in [0.1, 0.15) is 27.2 Å². The second-order valence-corrected chi connectivity index (χ2v) is 6.28. The molecule has 2 saturated heterocycles. The van der Waals surface area contributed by atoms with Crippen molar-refractivity contribution in [2.24, 2.45) is 11.3 Å². The van der Waals surface area contributed by atoms with Gasteiger partial charge in [-0.05, 0) is 11.3 Å². The summed E-state index contributed by atoms with van der Waals surface area (Å²) in [6.07, 6.45) is 0.795.